The first-order valence-corrected chi connectivity index (χ1v) is 14.4. The zero-order valence-corrected chi connectivity index (χ0v) is 23.6. The molecule has 0 bridgehead atoms. The molecule has 8 heteroatoms. The molecule has 2 amide bonds. The Balaban J connectivity index is 1.64. The number of rotatable bonds is 14. The number of amides is 2. The summed E-state index contributed by atoms with van der Waals surface area (Å²) in [5.41, 5.74) is 2.29. The van der Waals surface area contributed by atoms with Crippen molar-refractivity contribution < 1.29 is 29.3 Å². The van der Waals surface area contributed by atoms with Crippen LogP contribution in [-0.4, -0.2) is 72.0 Å². The molecule has 2 aromatic rings. The molecule has 0 saturated carbocycles. The lowest BCUT2D eigenvalue weighted by molar-refractivity contribution is -0.137. The van der Waals surface area contributed by atoms with Crippen LogP contribution in [0.1, 0.15) is 62.5 Å². The minimum atomic E-state index is -1.03. The summed E-state index contributed by atoms with van der Waals surface area (Å²) in [6.45, 7) is 2.46. The van der Waals surface area contributed by atoms with Crippen molar-refractivity contribution in [2.75, 3.05) is 26.8 Å². The zero-order valence-electron chi connectivity index (χ0n) is 23.6. The van der Waals surface area contributed by atoms with Crippen LogP contribution < -0.4 is 14.8 Å². The number of aliphatic hydroxyl groups is 2. The van der Waals surface area contributed by atoms with Crippen molar-refractivity contribution in [2.24, 2.45) is 0 Å². The lowest BCUT2D eigenvalue weighted by Gasteiger charge is -2.41. The van der Waals surface area contributed by atoms with E-state index in [1.807, 2.05) is 48.5 Å². The van der Waals surface area contributed by atoms with Crippen LogP contribution in [0.3, 0.4) is 0 Å². The summed E-state index contributed by atoms with van der Waals surface area (Å²) in [6.07, 6.45) is 6.06. The Kier molecular flexibility index (Phi) is 10.6. The average molecular weight is 551 g/mol. The molecule has 0 spiro atoms. The molecular weight excluding hydrogens is 508 g/mol. The van der Waals surface area contributed by atoms with E-state index in [1.54, 1.807) is 18.1 Å². The molecule has 216 valence electrons. The molecule has 2 aromatic carbocycles. The molecular formula is C32H42N2O6. The van der Waals surface area contributed by atoms with E-state index in [0.29, 0.717) is 30.7 Å². The molecule has 1 aliphatic heterocycles. The Labute approximate surface area is 237 Å². The molecule has 3 N–H and O–H groups in total. The van der Waals surface area contributed by atoms with E-state index in [-0.39, 0.29) is 25.0 Å². The van der Waals surface area contributed by atoms with Gasteiger partial charge >= 0.3 is 0 Å². The third kappa shape index (κ3) is 6.85. The van der Waals surface area contributed by atoms with Crippen molar-refractivity contribution in [2.45, 2.75) is 76.0 Å². The Morgan fingerprint density at radius 3 is 2.65 bits per heavy atom. The first-order chi connectivity index (χ1) is 19.5. The number of para-hydroxylation sites is 1. The second kappa shape index (κ2) is 14.3. The second-order valence-corrected chi connectivity index (χ2v) is 10.5. The third-order valence-electron chi connectivity index (χ3n) is 7.83. The van der Waals surface area contributed by atoms with Gasteiger partial charge in [0.15, 0.2) is 0 Å². The van der Waals surface area contributed by atoms with Gasteiger partial charge in [0.2, 0.25) is 11.8 Å². The molecule has 0 saturated heterocycles. The van der Waals surface area contributed by atoms with Crippen LogP contribution in [-0.2, 0) is 16.0 Å². The topological polar surface area (TPSA) is 108 Å². The number of nitrogens with one attached hydrogen (secondary N) is 1. The van der Waals surface area contributed by atoms with E-state index in [2.05, 4.69) is 12.2 Å². The van der Waals surface area contributed by atoms with Gasteiger partial charge in [-0.15, -0.1) is 0 Å². The number of hydrogen-bond donors (Lipinski definition) is 3. The van der Waals surface area contributed by atoms with E-state index in [0.717, 1.165) is 49.0 Å². The molecule has 0 fully saturated rings. The minimum absolute atomic E-state index is 0.0521. The van der Waals surface area contributed by atoms with Gasteiger partial charge in [0.25, 0.3) is 0 Å². The van der Waals surface area contributed by atoms with E-state index in [4.69, 9.17) is 9.47 Å². The number of nitrogens with zero attached hydrogens (tertiary/aromatic N) is 1. The van der Waals surface area contributed by atoms with Crippen LogP contribution in [0, 0.1) is 0 Å². The Bertz CT molecular complexity index is 1180. The number of ether oxygens (including phenoxy) is 2. The molecule has 4 rings (SSSR count). The van der Waals surface area contributed by atoms with Crippen LogP contribution in [0.5, 0.6) is 11.5 Å². The smallest absolute Gasteiger partial charge is 0.247 e. The van der Waals surface area contributed by atoms with Gasteiger partial charge < -0.3 is 29.9 Å². The summed E-state index contributed by atoms with van der Waals surface area (Å²) in [7, 11) is 1.62. The predicted molar refractivity (Wildman–Crippen MR) is 153 cm³/mol. The van der Waals surface area contributed by atoms with Gasteiger partial charge in [-0.3, -0.25) is 9.59 Å². The largest absolute Gasteiger partial charge is 0.497 e. The highest BCUT2D eigenvalue weighted by molar-refractivity contribution is 5.96. The molecule has 1 aliphatic carbocycles. The number of methoxy groups -OCH3 is 1. The van der Waals surface area contributed by atoms with Crippen LogP contribution >= 0.6 is 0 Å². The molecule has 8 nitrogen and oxygen atoms in total. The summed E-state index contributed by atoms with van der Waals surface area (Å²) >= 11 is 0. The molecule has 0 unspecified atom stereocenters. The first-order valence-electron chi connectivity index (χ1n) is 14.4. The molecule has 0 radical (unpaired) electrons. The highest BCUT2D eigenvalue weighted by atomic mass is 16.5. The van der Waals surface area contributed by atoms with Gasteiger partial charge in [-0.25, -0.2) is 0 Å². The van der Waals surface area contributed by atoms with E-state index in [9.17, 15) is 19.8 Å². The molecule has 0 aromatic heterocycles. The Morgan fingerprint density at radius 2 is 1.88 bits per heavy atom. The highest BCUT2D eigenvalue weighted by Crippen LogP contribution is 2.47. The zero-order chi connectivity index (χ0) is 28.5. The normalized spacial score (nSPS) is 21.1. The summed E-state index contributed by atoms with van der Waals surface area (Å²) in [5.74, 6) is 0.519. The molecule has 4 atom stereocenters. The fourth-order valence-electron chi connectivity index (χ4n) is 5.73. The SMILES string of the molecule is CCCCCCCC(=O)N(CCc1cccc(OC)c1)[C@@H]1C=C(C(=O)NCCO)[C@@H]2c3ccccc3O[C@@H]2[C@H]1O. The Morgan fingerprint density at radius 1 is 1.07 bits per heavy atom. The van der Waals surface area contributed by atoms with Crippen LogP contribution in [0.25, 0.3) is 0 Å². The molecule has 1 heterocycles. The van der Waals surface area contributed by atoms with Gasteiger partial charge in [0.1, 0.15) is 23.7 Å². The predicted octanol–water partition coefficient (Wildman–Crippen LogP) is 3.75. The van der Waals surface area contributed by atoms with E-state index in [1.165, 1.54) is 0 Å². The summed E-state index contributed by atoms with van der Waals surface area (Å²) in [6, 6.07) is 14.5. The number of carbonyl (C=O) groups is 2. The van der Waals surface area contributed by atoms with Gasteiger partial charge in [-0.05, 0) is 42.7 Å². The number of aliphatic hydroxyl groups excluding tert-OH is 2. The second-order valence-electron chi connectivity index (χ2n) is 10.5. The van der Waals surface area contributed by atoms with Crippen LogP contribution in [0.2, 0.25) is 0 Å². The van der Waals surface area contributed by atoms with E-state index < -0.39 is 24.2 Å². The van der Waals surface area contributed by atoms with Crippen molar-refractivity contribution in [1.82, 2.24) is 10.2 Å². The highest BCUT2D eigenvalue weighted by Gasteiger charge is 2.50. The number of benzene rings is 2. The van der Waals surface area contributed by atoms with Crippen LogP contribution in [0.15, 0.2) is 60.2 Å². The standard InChI is InChI=1S/C32H42N2O6/c1-3-4-5-6-7-15-28(36)34(18-16-22-11-10-12-23(20-22)39-2)26-21-25(32(38)33-17-19-35)29-24-13-8-9-14-27(24)40-31(29)30(26)37/h8-14,20-21,26,29-31,35,37H,3-7,15-19H2,1-2H3,(H,33,38)/t26-,29+,30+,31+/m1/s1. The monoisotopic (exact) mass is 550 g/mol. The summed E-state index contributed by atoms with van der Waals surface area (Å²) in [4.78, 5) is 28.8. The van der Waals surface area contributed by atoms with Gasteiger partial charge in [-0.2, -0.15) is 0 Å². The maximum Gasteiger partial charge on any atom is 0.247 e. The average Bonchev–Trinajstić information content (AvgIpc) is 3.37. The lowest BCUT2D eigenvalue weighted by atomic mass is 9.77. The van der Waals surface area contributed by atoms with Crippen molar-refractivity contribution in [3.63, 3.8) is 0 Å². The maximum absolute atomic E-state index is 13.7. The number of unbranched alkanes of at least 4 members (excludes halogenated alkanes) is 4. The Hall–Kier alpha value is -3.36. The summed E-state index contributed by atoms with van der Waals surface area (Å²) in [5, 5.41) is 23.7. The number of fused-ring (bicyclic) bond motifs is 3. The van der Waals surface area contributed by atoms with Gasteiger partial charge in [-0.1, -0.05) is 62.9 Å². The quantitative estimate of drug-likeness (QED) is 0.309. The minimum Gasteiger partial charge on any atom is -0.497 e. The van der Waals surface area contributed by atoms with Crippen molar-refractivity contribution in [1.29, 1.82) is 0 Å². The maximum atomic E-state index is 13.7. The number of carbonyl (C=O) groups excluding carboxylic acids is 2. The molecule has 40 heavy (non-hydrogen) atoms. The number of hydrogen-bond acceptors (Lipinski definition) is 6. The van der Waals surface area contributed by atoms with Gasteiger partial charge in [0, 0.05) is 30.6 Å². The van der Waals surface area contributed by atoms with Crippen molar-refractivity contribution in [3.05, 3.63) is 71.3 Å². The lowest BCUT2D eigenvalue weighted by Crippen LogP contribution is -2.56. The van der Waals surface area contributed by atoms with Crippen LogP contribution in [0.4, 0.5) is 0 Å². The van der Waals surface area contributed by atoms with Crippen molar-refractivity contribution >= 4 is 11.8 Å². The summed E-state index contributed by atoms with van der Waals surface area (Å²) < 4.78 is 11.6. The van der Waals surface area contributed by atoms with Gasteiger partial charge in [0.05, 0.1) is 25.7 Å². The first kappa shape index (κ1) is 29.6. The van der Waals surface area contributed by atoms with E-state index >= 15 is 0 Å². The fourth-order valence-corrected chi connectivity index (χ4v) is 5.73. The third-order valence-corrected chi connectivity index (χ3v) is 7.83. The molecule has 2 aliphatic rings. The fraction of sp³-hybridized carbons (Fsp3) is 0.500. The van der Waals surface area contributed by atoms with Crippen molar-refractivity contribution in [3.8, 4) is 11.5 Å².